The minimum Gasteiger partial charge on any atom is -0.363 e. The first-order chi connectivity index (χ1) is 12.9. The van der Waals surface area contributed by atoms with Crippen molar-refractivity contribution in [3.8, 4) is 0 Å². The van der Waals surface area contributed by atoms with Gasteiger partial charge in [0.15, 0.2) is 5.72 Å². The third-order valence-electron chi connectivity index (χ3n) is 4.62. The van der Waals surface area contributed by atoms with Gasteiger partial charge in [-0.25, -0.2) is 0 Å². The number of fused-ring (bicyclic) bond motifs is 1. The van der Waals surface area contributed by atoms with E-state index in [1.807, 2.05) is 0 Å². The van der Waals surface area contributed by atoms with Crippen LogP contribution in [-0.4, -0.2) is 15.9 Å². The second kappa shape index (κ2) is 6.19. The molecule has 0 fully saturated rings. The molecule has 0 radical (unpaired) electrons. The van der Waals surface area contributed by atoms with Gasteiger partial charge in [-0.05, 0) is 12.1 Å². The normalized spacial score (nSPS) is 18.4. The van der Waals surface area contributed by atoms with Crippen molar-refractivity contribution in [2.24, 2.45) is 0 Å². The van der Waals surface area contributed by atoms with Crippen LogP contribution in [0.1, 0.15) is 21.5 Å². The number of carbonyl (C=O) groups excluding carboxylic acids is 1. The Morgan fingerprint density at radius 2 is 1.67 bits per heavy atom. The van der Waals surface area contributed by atoms with E-state index in [0.717, 1.165) is 0 Å². The lowest BCUT2D eigenvalue weighted by molar-refractivity contribution is -0.384. The monoisotopic (exact) mass is 380 g/mol. The van der Waals surface area contributed by atoms with E-state index in [1.54, 1.807) is 54.6 Å². The van der Waals surface area contributed by atoms with Gasteiger partial charge in [0.2, 0.25) is 0 Å². The number of nitrogens with zero attached hydrogens (tertiary/aromatic N) is 2. The highest BCUT2D eigenvalue weighted by molar-refractivity contribution is 6.34. The summed E-state index contributed by atoms with van der Waals surface area (Å²) in [5.74, 6) is -0.437. The molecule has 0 spiro atoms. The number of rotatable bonds is 3. The van der Waals surface area contributed by atoms with Gasteiger partial charge >= 0.3 is 0 Å². The van der Waals surface area contributed by atoms with Crippen molar-refractivity contribution in [3.63, 3.8) is 0 Å². The number of hydrogen-bond donors (Lipinski definition) is 1. The van der Waals surface area contributed by atoms with Crippen molar-refractivity contribution in [2.45, 2.75) is 5.72 Å². The quantitative estimate of drug-likeness (QED) is 0.547. The van der Waals surface area contributed by atoms with E-state index < -0.39 is 16.6 Å². The lowest BCUT2D eigenvalue weighted by atomic mass is 9.93. The fraction of sp³-hybridized carbons (Fsp3) is 0.0500. The van der Waals surface area contributed by atoms with Crippen LogP contribution in [0.3, 0.4) is 0 Å². The molecule has 134 valence electrons. The molecule has 0 saturated carbocycles. The molecular formula is C20H13ClN2O4. The molecule has 6 nitrogen and oxygen atoms in total. The molecule has 1 heterocycles. The highest BCUT2D eigenvalue weighted by Crippen LogP contribution is 2.47. The summed E-state index contributed by atoms with van der Waals surface area (Å²) in [4.78, 5) is 24.7. The first-order valence-electron chi connectivity index (χ1n) is 8.10. The fourth-order valence-electron chi connectivity index (χ4n) is 3.39. The molecule has 1 N–H and O–H groups in total. The van der Waals surface area contributed by atoms with Gasteiger partial charge in [0, 0.05) is 28.8 Å². The SMILES string of the molecule is O=C1c2ccccc2[C@@](O)(c2ccccc2)N1c1ccc([N+](=O)[O-])cc1Cl. The molecule has 1 amide bonds. The zero-order valence-corrected chi connectivity index (χ0v) is 14.6. The van der Waals surface area contributed by atoms with Crippen LogP contribution in [0.5, 0.6) is 0 Å². The molecule has 0 unspecified atom stereocenters. The van der Waals surface area contributed by atoms with E-state index in [2.05, 4.69) is 0 Å². The minimum absolute atomic E-state index is 0.000266. The van der Waals surface area contributed by atoms with Gasteiger partial charge in [0.1, 0.15) is 0 Å². The van der Waals surface area contributed by atoms with E-state index >= 15 is 0 Å². The number of carbonyl (C=O) groups is 1. The van der Waals surface area contributed by atoms with Gasteiger partial charge in [-0.2, -0.15) is 0 Å². The number of halogens is 1. The second-order valence-electron chi connectivity index (χ2n) is 6.12. The number of nitro benzene ring substituents is 1. The molecule has 0 aliphatic carbocycles. The Kier molecular flexibility index (Phi) is 3.95. The molecule has 0 saturated heterocycles. The third-order valence-corrected chi connectivity index (χ3v) is 4.92. The minimum atomic E-state index is -1.78. The lowest BCUT2D eigenvalue weighted by Crippen LogP contribution is -2.45. The van der Waals surface area contributed by atoms with Gasteiger partial charge < -0.3 is 5.11 Å². The summed E-state index contributed by atoms with van der Waals surface area (Å²) in [6.45, 7) is 0. The summed E-state index contributed by atoms with van der Waals surface area (Å²) in [5.41, 5.74) is -0.535. The summed E-state index contributed by atoms with van der Waals surface area (Å²) in [7, 11) is 0. The zero-order valence-electron chi connectivity index (χ0n) is 13.9. The summed E-state index contributed by atoms with van der Waals surface area (Å²) in [6, 6.07) is 19.3. The van der Waals surface area contributed by atoms with Crippen LogP contribution in [0.4, 0.5) is 11.4 Å². The topological polar surface area (TPSA) is 83.7 Å². The first kappa shape index (κ1) is 17.2. The van der Waals surface area contributed by atoms with Crippen molar-refractivity contribution in [1.82, 2.24) is 0 Å². The van der Waals surface area contributed by atoms with Gasteiger partial charge in [-0.1, -0.05) is 60.1 Å². The number of anilines is 1. The average molecular weight is 381 g/mol. The van der Waals surface area contributed by atoms with Crippen LogP contribution in [0.2, 0.25) is 5.02 Å². The standard InChI is InChI=1S/C20H13ClN2O4/c21-17-12-14(23(26)27)10-11-18(17)22-19(24)15-8-4-5-9-16(15)20(22,25)13-6-2-1-3-7-13/h1-12,25H/t20-/m0/s1. The Bertz CT molecular complexity index is 1070. The van der Waals surface area contributed by atoms with Gasteiger partial charge in [0.05, 0.1) is 15.6 Å². The van der Waals surface area contributed by atoms with Gasteiger partial charge in [-0.3, -0.25) is 19.8 Å². The fourth-order valence-corrected chi connectivity index (χ4v) is 3.65. The number of aliphatic hydroxyl groups is 1. The average Bonchev–Trinajstić information content (AvgIpc) is 2.91. The number of benzene rings is 3. The maximum absolute atomic E-state index is 13.1. The van der Waals surface area contributed by atoms with Gasteiger partial charge in [-0.15, -0.1) is 0 Å². The van der Waals surface area contributed by atoms with E-state index in [0.29, 0.717) is 16.7 Å². The van der Waals surface area contributed by atoms with Crippen LogP contribution in [0.15, 0.2) is 72.8 Å². The molecule has 3 aromatic carbocycles. The Morgan fingerprint density at radius 1 is 1.00 bits per heavy atom. The molecule has 7 heteroatoms. The molecule has 1 aliphatic heterocycles. The Balaban J connectivity index is 1.97. The van der Waals surface area contributed by atoms with Crippen LogP contribution in [-0.2, 0) is 5.72 Å². The molecule has 0 bridgehead atoms. The van der Waals surface area contributed by atoms with Crippen molar-refractivity contribution in [1.29, 1.82) is 0 Å². The molecule has 0 aromatic heterocycles. The van der Waals surface area contributed by atoms with Crippen LogP contribution in [0, 0.1) is 10.1 Å². The highest BCUT2D eigenvalue weighted by atomic mass is 35.5. The number of amides is 1. The molecule has 1 atom stereocenters. The largest absolute Gasteiger partial charge is 0.363 e. The number of hydrogen-bond acceptors (Lipinski definition) is 4. The van der Waals surface area contributed by atoms with Crippen molar-refractivity contribution in [3.05, 3.63) is 105 Å². The summed E-state index contributed by atoms with van der Waals surface area (Å²) in [6.07, 6.45) is 0. The molecular weight excluding hydrogens is 368 g/mol. The number of non-ortho nitro benzene ring substituents is 1. The first-order valence-corrected chi connectivity index (χ1v) is 8.48. The van der Waals surface area contributed by atoms with E-state index in [-0.39, 0.29) is 16.4 Å². The Labute approximate surface area is 159 Å². The second-order valence-corrected chi connectivity index (χ2v) is 6.52. The van der Waals surface area contributed by atoms with Crippen LogP contribution >= 0.6 is 11.6 Å². The zero-order chi connectivity index (χ0) is 19.2. The summed E-state index contributed by atoms with van der Waals surface area (Å²) < 4.78 is 0. The van der Waals surface area contributed by atoms with E-state index in [1.165, 1.54) is 23.1 Å². The molecule has 4 rings (SSSR count). The predicted molar refractivity (Wildman–Crippen MR) is 101 cm³/mol. The molecule has 1 aliphatic rings. The van der Waals surface area contributed by atoms with Crippen molar-refractivity contribution >= 4 is 28.9 Å². The van der Waals surface area contributed by atoms with Gasteiger partial charge in [0.25, 0.3) is 11.6 Å². The van der Waals surface area contributed by atoms with E-state index in [9.17, 15) is 20.0 Å². The third kappa shape index (κ3) is 2.50. The number of nitro groups is 1. The van der Waals surface area contributed by atoms with Crippen molar-refractivity contribution in [2.75, 3.05) is 4.90 Å². The van der Waals surface area contributed by atoms with E-state index in [4.69, 9.17) is 11.6 Å². The van der Waals surface area contributed by atoms with Crippen molar-refractivity contribution < 1.29 is 14.8 Å². The molecule has 27 heavy (non-hydrogen) atoms. The summed E-state index contributed by atoms with van der Waals surface area (Å²) in [5, 5.41) is 22.7. The predicted octanol–water partition coefficient (Wildman–Crippen LogP) is 4.10. The Morgan fingerprint density at radius 3 is 2.33 bits per heavy atom. The van der Waals surface area contributed by atoms with Crippen LogP contribution in [0.25, 0.3) is 0 Å². The maximum atomic E-state index is 13.1. The molecule has 3 aromatic rings. The Hall–Kier alpha value is -3.22. The smallest absolute Gasteiger partial charge is 0.271 e. The maximum Gasteiger partial charge on any atom is 0.271 e. The summed E-state index contributed by atoms with van der Waals surface area (Å²) >= 11 is 6.27. The lowest BCUT2D eigenvalue weighted by Gasteiger charge is -2.35. The highest BCUT2D eigenvalue weighted by Gasteiger charge is 2.51. The van der Waals surface area contributed by atoms with Crippen LogP contribution < -0.4 is 4.90 Å².